The molecule has 0 radical (unpaired) electrons. The van der Waals surface area contributed by atoms with Crippen LogP contribution in [0, 0.1) is 0 Å². The highest BCUT2D eigenvalue weighted by Crippen LogP contribution is 2.53. The van der Waals surface area contributed by atoms with Crippen molar-refractivity contribution < 1.29 is 0 Å². The van der Waals surface area contributed by atoms with E-state index < -0.39 is 0 Å². The summed E-state index contributed by atoms with van der Waals surface area (Å²) in [5.41, 5.74) is 27.6. The van der Waals surface area contributed by atoms with Crippen LogP contribution >= 0.6 is 0 Å². The molecule has 0 fully saturated rings. The second-order valence-electron chi connectivity index (χ2n) is 37.0. The number of benzene rings is 28. The maximum absolute atomic E-state index is 2.42. The second kappa shape index (κ2) is 35.2. The zero-order chi connectivity index (χ0) is 92.5. The summed E-state index contributed by atoms with van der Waals surface area (Å²) in [5, 5.41) is 35.4. The summed E-state index contributed by atoms with van der Waals surface area (Å²) in [5.74, 6) is 0. The molecule has 0 aliphatic rings. The Kier molecular flexibility index (Phi) is 20.8. The van der Waals surface area contributed by atoms with Gasteiger partial charge < -0.3 is 0 Å². The van der Waals surface area contributed by atoms with Gasteiger partial charge in [-0.3, -0.25) is 0 Å². The summed E-state index contributed by atoms with van der Waals surface area (Å²) in [6, 6.07) is 200. The molecule has 0 spiro atoms. The first kappa shape index (κ1) is 82.5. The predicted molar refractivity (Wildman–Crippen MR) is 604 cm³/mol. The predicted octanol–water partition coefficient (Wildman–Crippen LogP) is 39.5. The molecule has 0 bridgehead atoms. The molecule has 0 heteroatoms. The number of rotatable bonds is 11. The Morgan fingerprint density at radius 2 is 0.264 bits per heavy atom. The molecule has 650 valence electrons. The molecule has 0 atom stereocenters. The topological polar surface area (TPSA) is 0 Å². The molecule has 0 heterocycles. The Labute approximate surface area is 813 Å². The lowest BCUT2D eigenvalue weighted by atomic mass is 9.83. The van der Waals surface area contributed by atoms with Crippen molar-refractivity contribution in [2.75, 3.05) is 0 Å². The van der Waals surface area contributed by atoms with Crippen molar-refractivity contribution in [3.8, 4) is 122 Å². The van der Waals surface area contributed by atoms with E-state index in [4.69, 9.17) is 0 Å². The van der Waals surface area contributed by atoms with E-state index in [-0.39, 0.29) is 0 Å². The zero-order valence-electron chi connectivity index (χ0n) is 77.0. The molecule has 0 N–H and O–H groups in total. The van der Waals surface area contributed by atoms with Gasteiger partial charge in [0.25, 0.3) is 0 Å². The van der Waals surface area contributed by atoms with Crippen LogP contribution in [-0.4, -0.2) is 0 Å². The van der Waals surface area contributed by atoms with Crippen LogP contribution in [0.4, 0.5) is 0 Å². The third-order valence-corrected chi connectivity index (χ3v) is 29.1. The van der Waals surface area contributed by atoms with Crippen molar-refractivity contribution in [1.29, 1.82) is 0 Å². The summed E-state index contributed by atoms with van der Waals surface area (Å²) in [7, 11) is 0. The molecule has 0 unspecified atom stereocenters. The Balaban J connectivity index is 0.000000109. The fourth-order valence-corrected chi connectivity index (χ4v) is 22.5. The lowest BCUT2D eigenvalue weighted by molar-refractivity contribution is 1.61. The molecule has 140 heavy (non-hydrogen) atoms. The van der Waals surface area contributed by atoms with Gasteiger partial charge in [-0.2, -0.15) is 0 Å². The number of fused-ring (bicyclic) bond motifs is 14. The van der Waals surface area contributed by atoms with Crippen LogP contribution in [0.3, 0.4) is 0 Å². The van der Waals surface area contributed by atoms with Gasteiger partial charge in [-0.1, -0.05) is 491 Å². The molecule has 28 rings (SSSR count). The van der Waals surface area contributed by atoms with Gasteiger partial charge in [-0.25, -0.2) is 0 Å². The standard InChI is InChI=1S/2C50H32.C40H26/c1-3-13-37-29-39(27-25-33(37)11-1)35-21-23-36(24-22-35)42-31-40-15-5-6-16-43(40)48(32-42)50-46-19-9-7-17-44(46)49(45-18-8-10-20-47(45)50)41-28-26-34-12-2-4-14-38(34)30-41;1-2-14-37-30-39(29-26-33(37)12-1)49-44-19-7-9-21-46(44)50(47-22-10-8-20-45(47)49)48-32-40(31-38-15-4-6-18-43(38)48)34-24-27-36(28-25-34)42-23-11-16-35-13-3-5-17-41(35)42;1-2-13-27(14-3-1)30-25-29-16-5-7-19-32(29)38(26-30)40-36-22-10-8-20-34(36)39(35-21-9-11-23-37(35)40)33-24-12-17-28-15-4-6-18-31(28)33/h2*1-32H;1-26H. The van der Waals surface area contributed by atoms with E-state index in [1.54, 1.807) is 0 Å². The molecule has 0 aliphatic carbocycles. The highest BCUT2D eigenvalue weighted by molar-refractivity contribution is 6.29. The smallest absolute Gasteiger partial charge is 0.00199 e. The summed E-state index contributed by atoms with van der Waals surface area (Å²) in [6.07, 6.45) is 0. The Morgan fingerprint density at radius 3 is 0.593 bits per heavy atom. The fourth-order valence-electron chi connectivity index (χ4n) is 22.5. The number of hydrogen-bond acceptors (Lipinski definition) is 0. The van der Waals surface area contributed by atoms with Crippen LogP contribution in [0.5, 0.6) is 0 Å². The second-order valence-corrected chi connectivity index (χ2v) is 37.0. The highest BCUT2D eigenvalue weighted by atomic mass is 14.3. The van der Waals surface area contributed by atoms with E-state index in [1.807, 2.05) is 0 Å². The summed E-state index contributed by atoms with van der Waals surface area (Å²) in [4.78, 5) is 0. The molecule has 0 nitrogen and oxygen atoms in total. The van der Waals surface area contributed by atoms with E-state index in [0.29, 0.717) is 0 Å². The quantitative estimate of drug-likeness (QED) is 0.113. The highest BCUT2D eigenvalue weighted by Gasteiger charge is 2.25. The lowest BCUT2D eigenvalue weighted by Crippen LogP contribution is -1.93. The van der Waals surface area contributed by atoms with Crippen molar-refractivity contribution in [3.63, 3.8) is 0 Å². The third kappa shape index (κ3) is 14.7. The molecule has 28 aromatic carbocycles. The summed E-state index contributed by atoms with van der Waals surface area (Å²) >= 11 is 0. The molecule has 0 aromatic heterocycles. The Morgan fingerprint density at radius 1 is 0.0714 bits per heavy atom. The van der Waals surface area contributed by atoms with E-state index in [9.17, 15) is 0 Å². The van der Waals surface area contributed by atoms with Crippen molar-refractivity contribution >= 4 is 151 Å². The van der Waals surface area contributed by atoms with Gasteiger partial charge in [0.15, 0.2) is 0 Å². The van der Waals surface area contributed by atoms with Gasteiger partial charge in [0, 0.05) is 0 Å². The molecule has 0 saturated carbocycles. The molecule has 0 aliphatic heterocycles. The maximum Gasteiger partial charge on any atom is -0.00199 e. The minimum atomic E-state index is 1.21. The average Bonchev–Trinajstić information content (AvgIpc) is 0.727. The normalized spacial score (nSPS) is 11.6. The SMILES string of the molecule is c1ccc(-c2cc(-c3c4ccccc4c(-c4cccc5ccccc45)c4ccccc34)c3ccccc3c2)cc1.c1ccc2cc(-c3c4ccccc4c(-c4cc(-c5ccc(-c6cccc7ccccc67)cc5)cc5ccccc45)c4ccccc34)ccc2c1.c1ccc2cc(-c3ccc(-c4cc(-c5c6ccccc6c(-c6ccc7ccccc7c6)c6ccccc56)c5ccccc5c4)cc3)ccc2c1. The van der Waals surface area contributed by atoms with Crippen LogP contribution in [0.25, 0.3) is 273 Å². The first-order valence-corrected chi connectivity index (χ1v) is 48.6. The van der Waals surface area contributed by atoms with Crippen LogP contribution < -0.4 is 0 Å². The summed E-state index contributed by atoms with van der Waals surface area (Å²) < 4.78 is 0. The minimum absolute atomic E-state index is 1.21. The van der Waals surface area contributed by atoms with Gasteiger partial charge in [0.05, 0.1) is 0 Å². The molecule has 0 saturated heterocycles. The van der Waals surface area contributed by atoms with Crippen LogP contribution in [0.1, 0.15) is 0 Å². The van der Waals surface area contributed by atoms with Crippen molar-refractivity contribution in [3.05, 3.63) is 546 Å². The van der Waals surface area contributed by atoms with Crippen molar-refractivity contribution in [2.24, 2.45) is 0 Å². The molecule has 0 amide bonds. The monoisotopic (exact) mass is 1770 g/mol. The van der Waals surface area contributed by atoms with Crippen LogP contribution in [-0.2, 0) is 0 Å². The van der Waals surface area contributed by atoms with E-state index in [0.717, 1.165) is 0 Å². The van der Waals surface area contributed by atoms with Crippen LogP contribution in [0.15, 0.2) is 546 Å². The third-order valence-electron chi connectivity index (χ3n) is 29.1. The minimum Gasteiger partial charge on any atom is -0.0622 e. The molecule has 28 aromatic rings. The maximum atomic E-state index is 2.42. The average molecular weight is 1770 g/mol. The van der Waals surface area contributed by atoms with E-state index in [1.165, 1.54) is 273 Å². The van der Waals surface area contributed by atoms with Gasteiger partial charge in [0.2, 0.25) is 0 Å². The zero-order valence-corrected chi connectivity index (χ0v) is 77.0. The molecular formula is C140H90. The largest absolute Gasteiger partial charge is 0.0622 e. The van der Waals surface area contributed by atoms with Gasteiger partial charge in [-0.15, -0.1) is 0 Å². The van der Waals surface area contributed by atoms with Crippen LogP contribution in [0.2, 0.25) is 0 Å². The van der Waals surface area contributed by atoms with Gasteiger partial charge in [0.1, 0.15) is 0 Å². The lowest BCUT2D eigenvalue weighted by Gasteiger charge is -2.20. The Bertz CT molecular complexity index is 9620. The fraction of sp³-hybridized carbons (Fsp3) is 0. The first-order chi connectivity index (χ1) is 69.4. The van der Waals surface area contributed by atoms with Gasteiger partial charge in [-0.05, 0) is 328 Å². The molecular weight excluding hydrogens is 1680 g/mol. The Hall–Kier alpha value is -18.2. The van der Waals surface area contributed by atoms with Crippen molar-refractivity contribution in [1.82, 2.24) is 0 Å². The van der Waals surface area contributed by atoms with E-state index >= 15 is 0 Å². The summed E-state index contributed by atoms with van der Waals surface area (Å²) in [6.45, 7) is 0. The van der Waals surface area contributed by atoms with Crippen molar-refractivity contribution in [2.45, 2.75) is 0 Å². The van der Waals surface area contributed by atoms with E-state index in [2.05, 4.69) is 546 Å². The van der Waals surface area contributed by atoms with Gasteiger partial charge >= 0.3 is 0 Å². The number of hydrogen-bond donors (Lipinski definition) is 0. The first-order valence-electron chi connectivity index (χ1n) is 48.6.